The van der Waals surface area contributed by atoms with Crippen LogP contribution in [0.4, 0.5) is 5.69 Å². The summed E-state index contributed by atoms with van der Waals surface area (Å²) in [6.07, 6.45) is 1.35. The van der Waals surface area contributed by atoms with Gasteiger partial charge in [-0.05, 0) is 58.0 Å². The largest absolute Gasteiger partial charge is 0.322 e. The van der Waals surface area contributed by atoms with Crippen LogP contribution in [-0.2, 0) is 19.4 Å². The van der Waals surface area contributed by atoms with Gasteiger partial charge in [-0.3, -0.25) is 4.79 Å². The molecular formula is C20H23N3O3S. The smallest absolute Gasteiger partial charge is 0.255 e. The number of carbonyl (C=O) groups excluding carboxylic acids is 1. The van der Waals surface area contributed by atoms with Crippen molar-refractivity contribution in [2.24, 2.45) is 0 Å². The predicted octanol–water partition coefficient (Wildman–Crippen LogP) is 3.48. The van der Waals surface area contributed by atoms with E-state index < -0.39 is 20.5 Å². The van der Waals surface area contributed by atoms with Crippen LogP contribution >= 0.6 is 0 Å². The van der Waals surface area contributed by atoms with E-state index in [1.807, 2.05) is 0 Å². The number of carbonyl (C=O) groups is 1. The van der Waals surface area contributed by atoms with Gasteiger partial charge in [0.15, 0.2) is 9.84 Å². The molecule has 27 heavy (non-hydrogen) atoms. The maximum Gasteiger partial charge on any atom is 0.255 e. The van der Waals surface area contributed by atoms with E-state index in [0.29, 0.717) is 17.1 Å². The number of benzene rings is 1. The van der Waals surface area contributed by atoms with Gasteiger partial charge in [0, 0.05) is 22.6 Å². The van der Waals surface area contributed by atoms with E-state index in [1.165, 1.54) is 30.3 Å². The topological polar surface area (TPSA) is 89.0 Å². The molecule has 0 saturated carbocycles. The number of hydrogen-bond donors (Lipinski definition) is 1. The third-order valence-electron chi connectivity index (χ3n) is 4.15. The standard InChI is InChI=1S/C20H23N3O3S/c1-7-13(2)18(24)23-16-8-10-17(11-9-16)27(25,26)20(5,6)19-21-14(3)12-15(4)22-19/h7-12H,1-2H2,3-6H3,(H,23,24). The van der Waals surface area contributed by atoms with Gasteiger partial charge in [0.25, 0.3) is 5.91 Å². The van der Waals surface area contributed by atoms with Crippen LogP contribution in [0.15, 0.2) is 60.0 Å². The quantitative estimate of drug-likeness (QED) is 0.607. The average Bonchev–Trinajstić information content (AvgIpc) is 2.60. The fraction of sp³-hybridized carbons (Fsp3) is 0.250. The number of anilines is 1. The van der Waals surface area contributed by atoms with Crippen LogP contribution in [-0.4, -0.2) is 24.3 Å². The molecule has 0 aliphatic carbocycles. The number of amides is 1. The lowest BCUT2D eigenvalue weighted by molar-refractivity contribution is -0.112. The molecule has 1 amide bonds. The van der Waals surface area contributed by atoms with Crippen molar-refractivity contribution in [1.29, 1.82) is 0 Å². The van der Waals surface area contributed by atoms with Crippen molar-refractivity contribution in [3.05, 3.63) is 72.4 Å². The highest BCUT2D eigenvalue weighted by Gasteiger charge is 2.40. The fourth-order valence-corrected chi connectivity index (χ4v) is 3.85. The van der Waals surface area contributed by atoms with Crippen LogP contribution in [0.2, 0.25) is 0 Å². The summed E-state index contributed by atoms with van der Waals surface area (Å²) in [6, 6.07) is 7.75. The van der Waals surface area contributed by atoms with Crippen LogP contribution in [0.25, 0.3) is 0 Å². The Bertz CT molecular complexity index is 987. The van der Waals surface area contributed by atoms with E-state index in [-0.39, 0.29) is 16.3 Å². The van der Waals surface area contributed by atoms with Crippen LogP contribution in [0.1, 0.15) is 31.1 Å². The lowest BCUT2D eigenvalue weighted by Crippen LogP contribution is -2.32. The summed E-state index contributed by atoms with van der Waals surface area (Å²) in [4.78, 5) is 20.6. The molecule has 0 atom stereocenters. The first-order chi connectivity index (χ1) is 12.5. The van der Waals surface area contributed by atoms with Gasteiger partial charge < -0.3 is 5.32 Å². The van der Waals surface area contributed by atoms with Crippen LogP contribution < -0.4 is 5.32 Å². The van der Waals surface area contributed by atoms with Crippen molar-refractivity contribution < 1.29 is 13.2 Å². The van der Waals surface area contributed by atoms with Crippen LogP contribution in [0.5, 0.6) is 0 Å². The Labute approximate surface area is 160 Å². The highest BCUT2D eigenvalue weighted by Crippen LogP contribution is 2.33. The zero-order valence-electron chi connectivity index (χ0n) is 15.9. The minimum absolute atomic E-state index is 0.121. The highest BCUT2D eigenvalue weighted by molar-refractivity contribution is 7.92. The number of nitrogens with zero attached hydrogens (tertiary/aromatic N) is 2. The molecule has 0 aliphatic rings. The van der Waals surface area contributed by atoms with Gasteiger partial charge in [-0.2, -0.15) is 0 Å². The van der Waals surface area contributed by atoms with E-state index in [4.69, 9.17) is 0 Å². The number of aromatic nitrogens is 2. The summed E-state index contributed by atoms with van der Waals surface area (Å²) < 4.78 is 25.0. The Balaban J connectivity index is 2.36. The summed E-state index contributed by atoms with van der Waals surface area (Å²) in [7, 11) is -3.76. The summed E-state index contributed by atoms with van der Waals surface area (Å²) in [5, 5.41) is 2.63. The number of nitrogens with one attached hydrogen (secondary N) is 1. The molecule has 0 fully saturated rings. The van der Waals surface area contributed by atoms with Gasteiger partial charge >= 0.3 is 0 Å². The zero-order valence-corrected chi connectivity index (χ0v) is 16.7. The van der Waals surface area contributed by atoms with Crippen molar-refractivity contribution in [3.63, 3.8) is 0 Å². The van der Waals surface area contributed by atoms with Gasteiger partial charge in [-0.1, -0.05) is 19.2 Å². The molecule has 6 nitrogen and oxygen atoms in total. The van der Waals surface area contributed by atoms with E-state index >= 15 is 0 Å². The number of rotatable bonds is 6. The molecule has 2 aromatic rings. The first-order valence-corrected chi connectivity index (χ1v) is 9.77. The Morgan fingerprint density at radius 3 is 2.11 bits per heavy atom. The van der Waals surface area contributed by atoms with Crippen molar-refractivity contribution >= 4 is 21.4 Å². The van der Waals surface area contributed by atoms with Crippen molar-refractivity contribution in [1.82, 2.24) is 9.97 Å². The summed E-state index contributed by atoms with van der Waals surface area (Å²) in [5.74, 6) is -0.149. The molecule has 1 aromatic heterocycles. The Hall–Kier alpha value is -2.80. The number of aryl methyl sites for hydroxylation is 2. The molecule has 7 heteroatoms. The minimum Gasteiger partial charge on any atom is -0.322 e. The highest BCUT2D eigenvalue weighted by atomic mass is 32.2. The van der Waals surface area contributed by atoms with Gasteiger partial charge in [-0.15, -0.1) is 0 Å². The van der Waals surface area contributed by atoms with E-state index in [1.54, 1.807) is 33.8 Å². The average molecular weight is 385 g/mol. The van der Waals surface area contributed by atoms with Gasteiger partial charge in [0.1, 0.15) is 10.6 Å². The maximum absolute atomic E-state index is 13.2. The lowest BCUT2D eigenvalue weighted by Gasteiger charge is -2.24. The third kappa shape index (κ3) is 4.14. The van der Waals surface area contributed by atoms with Crippen LogP contribution in [0.3, 0.4) is 0 Å². The van der Waals surface area contributed by atoms with Crippen molar-refractivity contribution in [2.45, 2.75) is 37.3 Å². The van der Waals surface area contributed by atoms with Crippen molar-refractivity contribution in [3.8, 4) is 0 Å². The lowest BCUT2D eigenvalue weighted by atomic mass is 10.2. The monoisotopic (exact) mass is 385 g/mol. The van der Waals surface area contributed by atoms with Crippen molar-refractivity contribution in [2.75, 3.05) is 5.32 Å². The molecule has 0 unspecified atom stereocenters. The minimum atomic E-state index is -3.76. The second-order valence-electron chi connectivity index (χ2n) is 6.70. The van der Waals surface area contributed by atoms with E-state index in [2.05, 4.69) is 28.4 Å². The molecule has 0 bridgehead atoms. The SMILES string of the molecule is C=CC(=C)C(=O)Nc1ccc(S(=O)(=O)C(C)(C)c2nc(C)cc(C)n2)cc1. The van der Waals surface area contributed by atoms with Gasteiger partial charge in [0.2, 0.25) is 0 Å². The Morgan fingerprint density at radius 2 is 1.63 bits per heavy atom. The predicted molar refractivity (Wildman–Crippen MR) is 106 cm³/mol. The second-order valence-corrected chi connectivity index (χ2v) is 9.19. The van der Waals surface area contributed by atoms with Crippen LogP contribution in [0, 0.1) is 13.8 Å². The molecule has 2 rings (SSSR count). The molecule has 142 valence electrons. The number of sulfone groups is 1. The van der Waals surface area contributed by atoms with E-state index in [9.17, 15) is 13.2 Å². The maximum atomic E-state index is 13.2. The Morgan fingerprint density at radius 1 is 1.11 bits per heavy atom. The first-order valence-electron chi connectivity index (χ1n) is 8.29. The molecule has 0 saturated heterocycles. The fourth-order valence-electron chi connectivity index (χ4n) is 2.43. The third-order valence-corrected chi connectivity index (χ3v) is 6.57. The van der Waals surface area contributed by atoms with E-state index in [0.717, 1.165) is 0 Å². The van der Waals surface area contributed by atoms with Gasteiger partial charge in [0.05, 0.1) is 4.90 Å². The molecule has 1 heterocycles. The second kappa shape index (κ2) is 7.44. The molecule has 1 aromatic carbocycles. The zero-order chi connectivity index (χ0) is 20.4. The molecule has 0 radical (unpaired) electrons. The van der Waals surface area contributed by atoms with Gasteiger partial charge in [-0.25, -0.2) is 18.4 Å². The molecule has 0 spiro atoms. The first kappa shape index (κ1) is 20.5. The molecular weight excluding hydrogens is 362 g/mol. The number of hydrogen-bond acceptors (Lipinski definition) is 5. The molecule has 1 N–H and O–H groups in total. The summed E-state index contributed by atoms with van der Waals surface area (Å²) >= 11 is 0. The summed E-state index contributed by atoms with van der Waals surface area (Å²) in [6.45, 7) is 13.8. The normalized spacial score (nSPS) is 11.7. The Kier molecular flexibility index (Phi) is 5.65. The summed E-state index contributed by atoms with van der Waals surface area (Å²) in [5.41, 5.74) is 2.10. The molecule has 0 aliphatic heterocycles.